The van der Waals surface area contributed by atoms with Gasteiger partial charge in [0.2, 0.25) is 0 Å². The molecule has 3 aromatic heterocycles. The van der Waals surface area contributed by atoms with Crippen molar-refractivity contribution in [3.8, 4) is 10.8 Å². The van der Waals surface area contributed by atoms with Crippen molar-refractivity contribution >= 4 is 21.6 Å². The molecule has 1 aliphatic rings. The Balaban J connectivity index is 1.88. The highest BCUT2D eigenvalue weighted by Gasteiger charge is 2.23. The van der Waals surface area contributed by atoms with Gasteiger partial charge in [-0.15, -0.1) is 21.5 Å². The first kappa shape index (κ1) is 10.9. The Bertz CT molecular complexity index is 713. The predicted molar refractivity (Wildman–Crippen MR) is 70.6 cm³/mol. The lowest BCUT2D eigenvalue weighted by atomic mass is 10.2. The summed E-state index contributed by atoms with van der Waals surface area (Å²) in [7, 11) is 0. The lowest BCUT2D eigenvalue weighted by Gasteiger charge is -2.21. The number of nitrogens with one attached hydrogen (secondary N) is 1. The molecule has 1 aliphatic heterocycles. The highest BCUT2D eigenvalue weighted by atomic mass is 32.1. The minimum absolute atomic E-state index is 0.229. The Morgan fingerprint density at radius 1 is 1.32 bits per heavy atom. The van der Waals surface area contributed by atoms with Crippen LogP contribution in [0.4, 0.5) is 0 Å². The Labute approximate surface area is 112 Å². The van der Waals surface area contributed by atoms with Crippen LogP contribution < -0.4 is 5.32 Å². The van der Waals surface area contributed by atoms with Crippen LogP contribution >= 0.6 is 11.3 Å². The Morgan fingerprint density at radius 2 is 2.21 bits per heavy atom. The molecule has 0 aliphatic carbocycles. The van der Waals surface area contributed by atoms with Gasteiger partial charge >= 0.3 is 0 Å². The number of thiazole rings is 1. The van der Waals surface area contributed by atoms with Crippen LogP contribution in [-0.2, 0) is 6.54 Å². The zero-order valence-electron chi connectivity index (χ0n) is 10.2. The van der Waals surface area contributed by atoms with Crippen LogP contribution in [0.5, 0.6) is 0 Å². The molecule has 0 aromatic carbocycles. The van der Waals surface area contributed by atoms with Crippen molar-refractivity contribution < 1.29 is 0 Å². The normalized spacial score (nSPS) is 18.7. The third kappa shape index (κ3) is 1.64. The topological polar surface area (TPSA) is 81.4 Å². The van der Waals surface area contributed by atoms with Gasteiger partial charge in [-0.05, 0) is 6.92 Å². The maximum atomic E-state index is 4.56. The Morgan fingerprint density at radius 3 is 3.11 bits per heavy atom. The second kappa shape index (κ2) is 4.04. The average molecular weight is 273 g/mol. The summed E-state index contributed by atoms with van der Waals surface area (Å²) in [5, 5.41) is 20.5. The van der Waals surface area contributed by atoms with E-state index in [-0.39, 0.29) is 6.04 Å². The maximum absolute atomic E-state index is 4.56. The first-order chi connectivity index (χ1) is 9.33. The van der Waals surface area contributed by atoms with Crippen molar-refractivity contribution in [3.63, 3.8) is 0 Å². The fourth-order valence-corrected chi connectivity index (χ4v) is 3.19. The van der Waals surface area contributed by atoms with E-state index in [4.69, 9.17) is 0 Å². The van der Waals surface area contributed by atoms with Crippen molar-refractivity contribution in [1.82, 2.24) is 35.3 Å². The zero-order valence-corrected chi connectivity index (χ0v) is 11.1. The van der Waals surface area contributed by atoms with Crippen LogP contribution in [0, 0.1) is 0 Å². The highest BCUT2D eigenvalue weighted by Crippen LogP contribution is 2.30. The number of aromatic nitrogens is 6. The monoisotopic (exact) mass is 273 g/mol. The molecule has 0 radical (unpaired) electrons. The van der Waals surface area contributed by atoms with E-state index in [2.05, 4.69) is 42.2 Å². The summed E-state index contributed by atoms with van der Waals surface area (Å²) in [5.74, 6) is 1.81. The quantitative estimate of drug-likeness (QED) is 0.712. The molecule has 0 bridgehead atoms. The van der Waals surface area contributed by atoms with E-state index in [0.29, 0.717) is 0 Å². The fourth-order valence-electron chi connectivity index (χ4n) is 2.30. The second-order valence-electron chi connectivity index (χ2n) is 4.47. The number of nitrogens with zero attached hydrogens (tertiary/aromatic N) is 6. The molecule has 4 heterocycles. The van der Waals surface area contributed by atoms with Crippen molar-refractivity contribution in [1.29, 1.82) is 0 Å². The molecule has 0 saturated heterocycles. The standard InChI is InChI=1S/C11H11N7S/c1-6-9-16-17-10(18(9)3-2-12-6)11-15-7-4-13-14-5-8(7)19-11/h4-6,12H,2-3H2,1H3. The summed E-state index contributed by atoms with van der Waals surface area (Å²) in [5.41, 5.74) is 0.856. The maximum Gasteiger partial charge on any atom is 0.193 e. The van der Waals surface area contributed by atoms with Gasteiger partial charge in [0.25, 0.3) is 0 Å². The number of hydrogen-bond donors (Lipinski definition) is 1. The molecule has 8 heteroatoms. The molecule has 1 N–H and O–H groups in total. The van der Waals surface area contributed by atoms with E-state index >= 15 is 0 Å². The van der Waals surface area contributed by atoms with Crippen molar-refractivity contribution in [2.24, 2.45) is 0 Å². The third-order valence-corrected chi connectivity index (χ3v) is 4.25. The first-order valence-corrected chi connectivity index (χ1v) is 6.88. The highest BCUT2D eigenvalue weighted by molar-refractivity contribution is 7.21. The van der Waals surface area contributed by atoms with E-state index < -0.39 is 0 Å². The molecule has 0 fully saturated rings. The van der Waals surface area contributed by atoms with E-state index in [1.54, 1.807) is 23.7 Å². The lowest BCUT2D eigenvalue weighted by Crippen LogP contribution is -2.32. The van der Waals surface area contributed by atoms with Crippen molar-refractivity contribution in [2.75, 3.05) is 6.54 Å². The van der Waals surface area contributed by atoms with E-state index in [1.807, 2.05) is 0 Å². The first-order valence-electron chi connectivity index (χ1n) is 6.07. The largest absolute Gasteiger partial charge is 0.306 e. The minimum Gasteiger partial charge on any atom is -0.306 e. The smallest absolute Gasteiger partial charge is 0.193 e. The third-order valence-electron chi connectivity index (χ3n) is 3.25. The van der Waals surface area contributed by atoms with Gasteiger partial charge < -0.3 is 9.88 Å². The predicted octanol–water partition coefficient (Wildman–Crippen LogP) is 1.01. The molecular formula is C11H11N7S. The van der Waals surface area contributed by atoms with Gasteiger partial charge in [0, 0.05) is 13.1 Å². The molecule has 1 atom stereocenters. The summed E-state index contributed by atoms with van der Waals surface area (Å²) in [6, 6.07) is 0.229. The van der Waals surface area contributed by atoms with Crippen molar-refractivity contribution in [2.45, 2.75) is 19.5 Å². The molecule has 96 valence electrons. The van der Waals surface area contributed by atoms with Gasteiger partial charge in [-0.2, -0.15) is 10.2 Å². The van der Waals surface area contributed by atoms with Crippen LogP contribution in [0.1, 0.15) is 18.8 Å². The molecule has 4 rings (SSSR count). The van der Waals surface area contributed by atoms with Gasteiger partial charge in [0.1, 0.15) is 11.3 Å². The van der Waals surface area contributed by atoms with Gasteiger partial charge in [-0.1, -0.05) is 0 Å². The molecule has 3 aromatic rings. The van der Waals surface area contributed by atoms with Gasteiger partial charge in [0.15, 0.2) is 10.8 Å². The molecule has 0 spiro atoms. The molecule has 7 nitrogen and oxygen atoms in total. The van der Waals surface area contributed by atoms with Crippen LogP contribution in [0.2, 0.25) is 0 Å². The Hall–Kier alpha value is -1.93. The second-order valence-corrected chi connectivity index (χ2v) is 5.50. The number of fused-ring (bicyclic) bond motifs is 2. The van der Waals surface area contributed by atoms with Gasteiger partial charge in [0.05, 0.1) is 23.1 Å². The van der Waals surface area contributed by atoms with Crippen molar-refractivity contribution in [3.05, 3.63) is 18.2 Å². The Kier molecular flexibility index (Phi) is 2.32. The SMILES string of the molecule is CC1NCCn2c(-c3nc4cnncc4s3)nnc21. The summed E-state index contributed by atoms with van der Waals surface area (Å²) in [6.07, 6.45) is 3.40. The fraction of sp³-hybridized carbons (Fsp3) is 0.364. The molecule has 19 heavy (non-hydrogen) atoms. The summed E-state index contributed by atoms with van der Waals surface area (Å²) in [6.45, 7) is 3.89. The number of hydrogen-bond acceptors (Lipinski definition) is 7. The zero-order chi connectivity index (χ0) is 12.8. The minimum atomic E-state index is 0.229. The van der Waals surface area contributed by atoms with E-state index in [1.165, 1.54) is 0 Å². The summed E-state index contributed by atoms with van der Waals surface area (Å²) >= 11 is 1.57. The van der Waals surface area contributed by atoms with Crippen LogP contribution in [0.3, 0.4) is 0 Å². The lowest BCUT2D eigenvalue weighted by molar-refractivity contribution is 0.439. The summed E-state index contributed by atoms with van der Waals surface area (Å²) < 4.78 is 3.16. The molecule has 0 amide bonds. The average Bonchev–Trinajstić information content (AvgIpc) is 3.02. The molecule has 0 saturated carbocycles. The van der Waals surface area contributed by atoms with Crippen LogP contribution in [0.25, 0.3) is 21.0 Å². The van der Waals surface area contributed by atoms with Gasteiger partial charge in [-0.25, -0.2) is 4.98 Å². The number of rotatable bonds is 1. The van der Waals surface area contributed by atoms with Crippen LogP contribution in [-0.4, -0.2) is 36.5 Å². The van der Waals surface area contributed by atoms with E-state index in [0.717, 1.165) is 40.0 Å². The molecular weight excluding hydrogens is 262 g/mol. The van der Waals surface area contributed by atoms with Gasteiger partial charge in [-0.3, -0.25) is 0 Å². The summed E-state index contributed by atoms with van der Waals surface area (Å²) in [4.78, 5) is 4.56. The van der Waals surface area contributed by atoms with Crippen LogP contribution in [0.15, 0.2) is 12.4 Å². The van der Waals surface area contributed by atoms with E-state index in [9.17, 15) is 0 Å². The molecule has 1 unspecified atom stereocenters.